The molecule has 0 radical (unpaired) electrons. The molecule has 2 N–H and O–H groups in total. The van der Waals surface area contributed by atoms with E-state index in [1.165, 1.54) is 4.68 Å². The number of nitrogens with one attached hydrogen (secondary N) is 2. The molecule has 1 aliphatic heterocycles. The Morgan fingerprint density at radius 3 is 2.62 bits per heavy atom. The van der Waals surface area contributed by atoms with Crippen LogP contribution in [0.15, 0.2) is 43.4 Å². The molecular formula is C23H21F4N7. The van der Waals surface area contributed by atoms with Crippen LogP contribution in [0.4, 0.5) is 29.1 Å². The van der Waals surface area contributed by atoms with Crippen LogP contribution in [0.1, 0.15) is 24.1 Å². The standard InChI is InChI=1S/C23H21F4N7/c1-13-7-15(10-29-22(13)33-5-3-23(26,27)4-6-33)34-12-21(31-32-34)14(2)30-20-11-28-19-9-18(25)17(24)8-16(19)20/h7-12,28,30H,2-6H2,1H3. The van der Waals surface area contributed by atoms with Gasteiger partial charge in [0.1, 0.15) is 11.5 Å². The number of aromatic nitrogens is 5. The number of rotatable bonds is 5. The lowest BCUT2D eigenvalue weighted by Gasteiger charge is -2.33. The van der Waals surface area contributed by atoms with E-state index >= 15 is 0 Å². The first-order valence-corrected chi connectivity index (χ1v) is 10.6. The highest BCUT2D eigenvalue weighted by Gasteiger charge is 2.34. The number of piperidine rings is 1. The van der Waals surface area contributed by atoms with E-state index < -0.39 is 17.6 Å². The number of anilines is 2. The third-order valence-electron chi connectivity index (χ3n) is 5.91. The lowest BCUT2D eigenvalue weighted by atomic mass is 10.1. The van der Waals surface area contributed by atoms with Gasteiger partial charge in [0.05, 0.1) is 35.0 Å². The Bertz CT molecular complexity index is 1380. The molecule has 4 aromatic rings. The summed E-state index contributed by atoms with van der Waals surface area (Å²) in [5.41, 5.74) is 3.30. The quantitative estimate of drug-likeness (QED) is 0.399. The zero-order valence-electron chi connectivity index (χ0n) is 18.2. The molecular weight excluding hydrogens is 450 g/mol. The topological polar surface area (TPSA) is 74.7 Å². The van der Waals surface area contributed by atoms with Gasteiger partial charge in [0, 0.05) is 43.6 Å². The van der Waals surface area contributed by atoms with E-state index in [1.807, 2.05) is 17.9 Å². The van der Waals surface area contributed by atoms with E-state index in [9.17, 15) is 17.6 Å². The summed E-state index contributed by atoms with van der Waals surface area (Å²) in [6.45, 7) is 6.34. The molecule has 7 nitrogen and oxygen atoms in total. The first-order valence-electron chi connectivity index (χ1n) is 10.6. The van der Waals surface area contributed by atoms with Crippen molar-refractivity contribution >= 4 is 28.1 Å². The average molecular weight is 471 g/mol. The smallest absolute Gasteiger partial charge is 0.251 e. The maximum atomic E-state index is 13.7. The first kappa shape index (κ1) is 21.9. The van der Waals surface area contributed by atoms with Gasteiger partial charge in [-0.25, -0.2) is 27.2 Å². The van der Waals surface area contributed by atoms with E-state index in [0.717, 1.165) is 17.7 Å². The van der Waals surface area contributed by atoms with Crippen LogP contribution >= 0.6 is 0 Å². The molecule has 1 fully saturated rings. The van der Waals surface area contributed by atoms with Gasteiger partial charge in [-0.05, 0) is 24.6 Å². The molecule has 4 heterocycles. The summed E-state index contributed by atoms with van der Waals surface area (Å²) in [6.07, 6.45) is 4.48. The predicted molar refractivity (Wildman–Crippen MR) is 121 cm³/mol. The van der Waals surface area contributed by atoms with Gasteiger partial charge in [-0.15, -0.1) is 5.10 Å². The van der Waals surface area contributed by atoms with Crippen LogP contribution in [0.25, 0.3) is 22.3 Å². The van der Waals surface area contributed by atoms with Crippen LogP contribution in [0.5, 0.6) is 0 Å². The number of hydrogen-bond acceptors (Lipinski definition) is 5. The molecule has 0 unspecified atom stereocenters. The second-order valence-electron chi connectivity index (χ2n) is 8.34. The Hall–Kier alpha value is -3.89. The molecule has 0 atom stereocenters. The Kier molecular flexibility index (Phi) is 5.26. The second kappa shape index (κ2) is 8.15. The minimum absolute atomic E-state index is 0.185. The molecule has 0 spiro atoms. The van der Waals surface area contributed by atoms with E-state index in [-0.39, 0.29) is 25.9 Å². The average Bonchev–Trinajstić information content (AvgIpc) is 3.43. The van der Waals surface area contributed by atoms with Crippen molar-refractivity contribution in [2.75, 3.05) is 23.3 Å². The molecule has 1 aliphatic rings. The number of fused-ring (bicyclic) bond motifs is 1. The normalized spacial score (nSPS) is 15.6. The number of H-pyrrole nitrogens is 1. The van der Waals surface area contributed by atoms with E-state index in [0.29, 0.717) is 39.5 Å². The Morgan fingerprint density at radius 1 is 1.15 bits per heavy atom. The predicted octanol–water partition coefficient (Wildman–Crippen LogP) is 5.05. The molecule has 0 bridgehead atoms. The van der Waals surface area contributed by atoms with Crippen LogP contribution in [0.2, 0.25) is 0 Å². The van der Waals surface area contributed by atoms with Gasteiger partial charge in [-0.3, -0.25) is 0 Å². The van der Waals surface area contributed by atoms with Gasteiger partial charge in [0.15, 0.2) is 11.6 Å². The molecule has 34 heavy (non-hydrogen) atoms. The Morgan fingerprint density at radius 2 is 1.88 bits per heavy atom. The van der Waals surface area contributed by atoms with Crippen molar-refractivity contribution in [2.24, 2.45) is 0 Å². The fourth-order valence-electron chi connectivity index (χ4n) is 4.03. The zero-order chi connectivity index (χ0) is 24.0. The Labute approximate surface area is 192 Å². The molecule has 1 aromatic carbocycles. The summed E-state index contributed by atoms with van der Waals surface area (Å²) in [6, 6.07) is 4.05. The summed E-state index contributed by atoms with van der Waals surface area (Å²) in [7, 11) is 0. The minimum atomic E-state index is -2.62. The Balaban J connectivity index is 1.32. The molecule has 0 aliphatic carbocycles. The van der Waals surface area contributed by atoms with Crippen LogP contribution in [0, 0.1) is 18.6 Å². The van der Waals surface area contributed by atoms with Crippen molar-refractivity contribution in [1.82, 2.24) is 25.0 Å². The van der Waals surface area contributed by atoms with Gasteiger partial charge < -0.3 is 15.2 Å². The minimum Gasteiger partial charge on any atom is -0.359 e. The number of hydrogen-bond donors (Lipinski definition) is 2. The fraction of sp³-hybridized carbons (Fsp3) is 0.261. The second-order valence-corrected chi connectivity index (χ2v) is 8.34. The van der Waals surface area contributed by atoms with Crippen LogP contribution in [-0.4, -0.2) is 44.0 Å². The monoisotopic (exact) mass is 471 g/mol. The van der Waals surface area contributed by atoms with Crippen molar-refractivity contribution in [3.63, 3.8) is 0 Å². The number of halogens is 4. The molecule has 11 heteroatoms. The molecule has 0 amide bonds. The van der Waals surface area contributed by atoms with Gasteiger partial charge in [-0.1, -0.05) is 11.8 Å². The number of aromatic amines is 1. The van der Waals surface area contributed by atoms with Crippen molar-refractivity contribution in [2.45, 2.75) is 25.7 Å². The van der Waals surface area contributed by atoms with Crippen LogP contribution < -0.4 is 10.2 Å². The van der Waals surface area contributed by atoms with E-state index in [4.69, 9.17) is 0 Å². The summed E-state index contributed by atoms with van der Waals surface area (Å²) in [5.74, 6) is -3.82. The van der Waals surface area contributed by atoms with Crippen molar-refractivity contribution in [3.05, 3.63) is 66.3 Å². The van der Waals surface area contributed by atoms with Crippen molar-refractivity contribution < 1.29 is 17.6 Å². The molecule has 176 valence electrons. The lowest BCUT2D eigenvalue weighted by Crippen LogP contribution is -2.40. The lowest BCUT2D eigenvalue weighted by molar-refractivity contribution is -0.0221. The SMILES string of the molecule is C=C(Nc1c[nH]c2cc(F)c(F)cc12)c1cn(-c2cnc(N3CCC(F)(F)CC3)c(C)c2)nn1. The fourth-order valence-corrected chi connectivity index (χ4v) is 4.03. The largest absolute Gasteiger partial charge is 0.359 e. The summed E-state index contributed by atoms with van der Waals surface area (Å²) < 4.78 is 55.6. The third kappa shape index (κ3) is 4.09. The molecule has 3 aromatic heterocycles. The van der Waals surface area contributed by atoms with Gasteiger partial charge in [0.2, 0.25) is 0 Å². The van der Waals surface area contributed by atoms with Crippen molar-refractivity contribution in [3.8, 4) is 5.69 Å². The molecule has 0 saturated carbocycles. The number of benzene rings is 1. The van der Waals surface area contributed by atoms with Gasteiger partial charge >= 0.3 is 0 Å². The number of aryl methyl sites for hydroxylation is 1. The highest BCUT2D eigenvalue weighted by molar-refractivity contribution is 5.95. The molecule has 1 saturated heterocycles. The zero-order valence-corrected chi connectivity index (χ0v) is 18.2. The van der Waals surface area contributed by atoms with Gasteiger partial charge in [-0.2, -0.15) is 0 Å². The summed E-state index contributed by atoms with van der Waals surface area (Å²) >= 11 is 0. The van der Waals surface area contributed by atoms with Crippen LogP contribution in [-0.2, 0) is 0 Å². The first-order chi connectivity index (χ1) is 16.2. The van der Waals surface area contributed by atoms with E-state index in [2.05, 4.69) is 32.2 Å². The number of pyridine rings is 1. The van der Waals surface area contributed by atoms with Crippen molar-refractivity contribution in [1.29, 1.82) is 0 Å². The highest BCUT2D eigenvalue weighted by Crippen LogP contribution is 2.31. The third-order valence-corrected chi connectivity index (χ3v) is 5.91. The summed E-state index contributed by atoms with van der Waals surface area (Å²) in [5, 5.41) is 11.8. The maximum Gasteiger partial charge on any atom is 0.251 e. The van der Waals surface area contributed by atoms with E-state index in [1.54, 1.807) is 18.6 Å². The highest BCUT2D eigenvalue weighted by atomic mass is 19.3. The number of alkyl halides is 2. The van der Waals surface area contributed by atoms with Gasteiger partial charge in [0.25, 0.3) is 5.92 Å². The molecule has 5 rings (SSSR count). The van der Waals surface area contributed by atoms with Crippen LogP contribution in [0.3, 0.4) is 0 Å². The maximum absolute atomic E-state index is 13.7. The summed E-state index contributed by atoms with van der Waals surface area (Å²) in [4.78, 5) is 9.22. The number of nitrogens with zero attached hydrogens (tertiary/aromatic N) is 5.